The van der Waals surface area contributed by atoms with Gasteiger partial charge in [-0.15, -0.1) is 0 Å². The van der Waals surface area contributed by atoms with Crippen LogP contribution in [0.3, 0.4) is 0 Å². The van der Waals surface area contributed by atoms with Crippen LogP contribution in [0.2, 0.25) is 0 Å². The van der Waals surface area contributed by atoms with Crippen LogP contribution in [-0.4, -0.2) is 39.6 Å². The van der Waals surface area contributed by atoms with Crippen LogP contribution in [0.25, 0.3) is 0 Å². The van der Waals surface area contributed by atoms with Gasteiger partial charge in [-0.25, -0.2) is 13.2 Å². The number of aromatic carboxylic acids is 1. The molecule has 0 aromatic heterocycles. The normalized spacial score (nSPS) is 10.0. The van der Waals surface area contributed by atoms with E-state index in [2.05, 4.69) is 5.73 Å². The van der Waals surface area contributed by atoms with Crippen molar-refractivity contribution in [2.24, 2.45) is 0 Å². The predicted octanol–water partition coefficient (Wildman–Crippen LogP) is -0.362. The Bertz CT molecular complexity index is 864. The molecular weight excluding hydrogens is 360 g/mol. The molecular formula is C13H14N2O9S. The van der Waals surface area contributed by atoms with E-state index in [0.717, 1.165) is 17.8 Å². The van der Waals surface area contributed by atoms with Gasteiger partial charge in [-0.05, 0) is 18.2 Å². The van der Waals surface area contributed by atoms with Gasteiger partial charge in [0.25, 0.3) is 5.69 Å². The Morgan fingerprint density at radius 3 is 2.04 bits per heavy atom. The molecule has 25 heavy (non-hydrogen) atoms. The van der Waals surface area contributed by atoms with Crippen LogP contribution in [0.4, 0.5) is 11.4 Å². The summed E-state index contributed by atoms with van der Waals surface area (Å²) in [6, 6.07) is 8.37. The van der Waals surface area contributed by atoms with Crippen molar-refractivity contribution in [3.63, 3.8) is 0 Å². The molecule has 0 aliphatic rings. The first-order valence-electron chi connectivity index (χ1n) is 6.11. The lowest BCUT2D eigenvalue weighted by atomic mass is 10.2. The zero-order chi connectivity index (χ0) is 18.5. The van der Waals surface area contributed by atoms with Crippen LogP contribution in [0, 0.1) is 10.1 Å². The van der Waals surface area contributed by atoms with Crippen LogP contribution >= 0.6 is 0 Å². The summed E-state index contributed by atoms with van der Waals surface area (Å²) in [5.41, 5.74) is 3.86. The SMILES string of the molecule is O.O=C(O)c1cc(S(=O)(=O)[O-])ccc1O.[NH3+]c1ccc([N+](=O)[O-])cc1. The molecule has 0 aliphatic heterocycles. The second-order valence-corrected chi connectivity index (χ2v) is 5.74. The van der Waals surface area contributed by atoms with Crippen molar-refractivity contribution >= 4 is 27.5 Å². The highest BCUT2D eigenvalue weighted by Gasteiger charge is 2.12. The van der Waals surface area contributed by atoms with Crippen LogP contribution in [-0.2, 0) is 10.1 Å². The van der Waals surface area contributed by atoms with Crippen LogP contribution < -0.4 is 5.73 Å². The molecule has 2 aromatic carbocycles. The fraction of sp³-hybridized carbons (Fsp3) is 0. The second kappa shape index (κ2) is 8.70. The molecule has 2 rings (SSSR count). The van der Waals surface area contributed by atoms with E-state index >= 15 is 0 Å². The Hall–Kier alpha value is -3.06. The van der Waals surface area contributed by atoms with Crippen molar-refractivity contribution in [2.45, 2.75) is 4.90 Å². The van der Waals surface area contributed by atoms with Crippen molar-refractivity contribution < 1.29 is 44.1 Å². The Morgan fingerprint density at radius 1 is 1.12 bits per heavy atom. The molecule has 0 spiro atoms. The van der Waals surface area contributed by atoms with E-state index in [0.29, 0.717) is 6.07 Å². The minimum atomic E-state index is -4.70. The summed E-state index contributed by atoms with van der Waals surface area (Å²) in [7, 11) is -4.70. The number of phenols is 1. The molecule has 0 unspecified atom stereocenters. The molecule has 0 saturated carbocycles. The molecule has 0 atom stereocenters. The van der Waals surface area contributed by atoms with Gasteiger partial charge in [-0.2, -0.15) is 0 Å². The first-order chi connectivity index (χ1) is 11.0. The number of non-ortho nitro benzene ring substituents is 1. The summed E-state index contributed by atoms with van der Waals surface area (Å²) in [6.45, 7) is 0. The molecule has 2 aromatic rings. The molecule has 0 radical (unpaired) electrons. The van der Waals surface area contributed by atoms with Crippen molar-refractivity contribution in [3.05, 3.63) is 58.1 Å². The Labute approximate surface area is 141 Å². The number of benzene rings is 2. The molecule has 0 amide bonds. The smallest absolute Gasteiger partial charge is 0.339 e. The van der Waals surface area contributed by atoms with Gasteiger partial charge in [0.15, 0.2) is 0 Å². The number of quaternary nitrogens is 1. The van der Waals surface area contributed by atoms with Gasteiger partial charge < -0.3 is 26.0 Å². The first kappa shape index (κ1) is 21.9. The fourth-order valence-electron chi connectivity index (χ4n) is 1.46. The summed E-state index contributed by atoms with van der Waals surface area (Å²) in [6.07, 6.45) is 0. The van der Waals surface area contributed by atoms with Gasteiger partial charge >= 0.3 is 5.97 Å². The third kappa shape index (κ3) is 6.52. The molecule has 7 N–H and O–H groups in total. The summed E-state index contributed by atoms with van der Waals surface area (Å²) < 4.78 is 31.5. The third-order valence-corrected chi connectivity index (χ3v) is 3.47. The highest BCUT2D eigenvalue weighted by Crippen LogP contribution is 2.20. The average Bonchev–Trinajstić information content (AvgIpc) is 2.47. The number of nitro groups is 1. The molecule has 136 valence electrons. The van der Waals surface area contributed by atoms with E-state index in [-0.39, 0.29) is 11.2 Å². The number of nitrogens with zero attached hydrogens (tertiary/aromatic N) is 1. The number of carbonyl (C=O) groups is 1. The number of nitro benzene ring substituents is 1. The lowest BCUT2D eigenvalue weighted by Gasteiger charge is -2.08. The molecule has 0 saturated heterocycles. The molecule has 0 heterocycles. The van der Waals surface area contributed by atoms with Gasteiger partial charge in [0.1, 0.15) is 27.1 Å². The monoisotopic (exact) mass is 374 g/mol. The quantitative estimate of drug-likeness (QED) is 0.365. The summed E-state index contributed by atoms with van der Waals surface area (Å²) in [5.74, 6) is -2.10. The highest BCUT2D eigenvalue weighted by atomic mass is 32.2. The Balaban J connectivity index is 0.000000465. The predicted molar refractivity (Wildman–Crippen MR) is 82.3 cm³/mol. The standard InChI is InChI=1S/C7H6O6S.C6H6N2O2.H2O/c8-6-2-1-4(14(11,12)13)3-5(6)7(9)10;7-5-1-3-6(4-2-5)8(9)10;/h1-3,8H,(H,9,10)(H,11,12,13);1-4H,7H2;1H2. The van der Waals surface area contributed by atoms with Crippen molar-refractivity contribution in [3.8, 4) is 5.75 Å². The van der Waals surface area contributed by atoms with Gasteiger partial charge in [0.2, 0.25) is 0 Å². The summed E-state index contributed by atoms with van der Waals surface area (Å²) in [5, 5.41) is 27.6. The van der Waals surface area contributed by atoms with E-state index in [4.69, 9.17) is 10.2 Å². The molecule has 0 bridgehead atoms. The number of carboxylic acid groups (broad SMARTS) is 1. The number of hydrogen-bond donors (Lipinski definition) is 3. The fourth-order valence-corrected chi connectivity index (χ4v) is 1.96. The van der Waals surface area contributed by atoms with Gasteiger partial charge in [-0.1, -0.05) is 0 Å². The van der Waals surface area contributed by atoms with Gasteiger partial charge in [-0.3, -0.25) is 10.1 Å². The number of rotatable bonds is 3. The van der Waals surface area contributed by atoms with E-state index in [1.165, 1.54) is 12.1 Å². The highest BCUT2D eigenvalue weighted by molar-refractivity contribution is 7.85. The van der Waals surface area contributed by atoms with E-state index < -0.39 is 37.2 Å². The number of carboxylic acids is 1. The number of hydrogen-bond acceptors (Lipinski definition) is 7. The van der Waals surface area contributed by atoms with Gasteiger partial charge in [0, 0.05) is 24.3 Å². The van der Waals surface area contributed by atoms with E-state index in [1.807, 2.05) is 0 Å². The van der Waals surface area contributed by atoms with Crippen molar-refractivity contribution in [2.75, 3.05) is 0 Å². The number of aromatic hydroxyl groups is 1. The molecule has 11 nitrogen and oxygen atoms in total. The largest absolute Gasteiger partial charge is 0.744 e. The average molecular weight is 374 g/mol. The van der Waals surface area contributed by atoms with Crippen LogP contribution in [0.1, 0.15) is 10.4 Å². The Morgan fingerprint density at radius 2 is 1.64 bits per heavy atom. The van der Waals surface area contributed by atoms with Crippen LogP contribution in [0.5, 0.6) is 5.75 Å². The Kier molecular flexibility index (Phi) is 7.63. The summed E-state index contributed by atoms with van der Waals surface area (Å²) >= 11 is 0. The topological polar surface area (TPSA) is 217 Å². The maximum Gasteiger partial charge on any atom is 0.339 e. The zero-order valence-electron chi connectivity index (χ0n) is 12.4. The van der Waals surface area contributed by atoms with Crippen molar-refractivity contribution in [1.29, 1.82) is 0 Å². The second-order valence-electron chi connectivity index (χ2n) is 4.36. The minimum Gasteiger partial charge on any atom is -0.744 e. The zero-order valence-corrected chi connectivity index (χ0v) is 13.3. The van der Waals surface area contributed by atoms with Crippen LogP contribution in [0.15, 0.2) is 47.4 Å². The lowest BCUT2D eigenvalue weighted by Crippen LogP contribution is -2.39. The molecule has 12 heteroatoms. The molecule has 0 fully saturated rings. The van der Waals surface area contributed by atoms with Crippen molar-refractivity contribution in [1.82, 2.24) is 0 Å². The molecule has 0 aliphatic carbocycles. The maximum atomic E-state index is 10.5. The summed E-state index contributed by atoms with van der Waals surface area (Å²) in [4.78, 5) is 19.4. The lowest BCUT2D eigenvalue weighted by molar-refractivity contribution is -0.385. The minimum absolute atomic E-state index is 0. The maximum absolute atomic E-state index is 10.5. The van der Waals surface area contributed by atoms with E-state index in [1.54, 1.807) is 12.1 Å². The van der Waals surface area contributed by atoms with E-state index in [9.17, 15) is 27.9 Å². The first-order valence-corrected chi connectivity index (χ1v) is 7.52. The third-order valence-electron chi connectivity index (χ3n) is 2.63. The van der Waals surface area contributed by atoms with Gasteiger partial charge in [0.05, 0.1) is 9.82 Å².